The molecular formula is C39H49N3O8. The molecule has 1 aliphatic carbocycles. The number of carbonyl (C=O) groups is 2. The Morgan fingerprint density at radius 3 is 2.30 bits per heavy atom. The molecular weight excluding hydrogens is 638 g/mol. The molecule has 1 fully saturated rings. The molecule has 1 aliphatic heterocycles. The highest BCUT2D eigenvalue weighted by Crippen LogP contribution is 2.50. The molecule has 0 radical (unpaired) electrons. The topological polar surface area (TPSA) is 125 Å². The molecule has 268 valence electrons. The predicted molar refractivity (Wildman–Crippen MR) is 193 cm³/mol. The minimum Gasteiger partial charge on any atom is -0.497 e. The summed E-state index contributed by atoms with van der Waals surface area (Å²) in [5.74, 6) is 2.95. The number of carbonyl (C=O) groups excluding carboxylic acids is 2. The molecule has 3 aromatic carbocycles. The van der Waals surface area contributed by atoms with Crippen LogP contribution in [0.2, 0.25) is 0 Å². The number of fused-ring (bicyclic) bond motifs is 3. The van der Waals surface area contributed by atoms with Crippen LogP contribution in [0.15, 0.2) is 47.3 Å². The summed E-state index contributed by atoms with van der Waals surface area (Å²) in [5.41, 5.74) is 4.58. The van der Waals surface area contributed by atoms with Crippen LogP contribution in [0.25, 0.3) is 11.1 Å². The highest BCUT2D eigenvalue weighted by Gasteiger charge is 2.32. The molecule has 0 bridgehead atoms. The maximum Gasteiger partial charge on any atom is 0.223 e. The van der Waals surface area contributed by atoms with Crippen LogP contribution in [-0.4, -0.2) is 65.4 Å². The van der Waals surface area contributed by atoms with E-state index in [0.29, 0.717) is 54.3 Å². The van der Waals surface area contributed by atoms with Gasteiger partial charge < -0.3 is 39.2 Å². The lowest BCUT2D eigenvalue weighted by Crippen LogP contribution is -2.30. The van der Waals surface area contributed by atoms with Crippen molar-refractivity contribution in [1.82, 2.24) is 10.2 Å². The lowest BCUT2D eigenvalue weighted by molar-refractivity contribution is -0.132. The smallest absolute Gasteiger partial charge is 0.223 e. The number of nitrogens with zero attached hydrogens (tertiary/aromatic N) is 1. The second-order valence-electron chi connectivity index (χ2n) is 12.7. The first-order valence-corrected chi connectivity index (χ1v) is 17.3. The summed E-state index contributed by atoms with van der Waals surface area (Å²) < 4.78 is 28.1. The zero-order valence-electron chi connectivity index (χ0n) is 30.0. The Balaban J connectivity index is 1.26. The van der Waals surface area contributed by atoms with Crippen LogP contribution >= 0.6 is 0 Å². The minimum absolute atomic E-state index is 0.00488. The molecule has 2 N–H and O–H groups in total. The van der Waals surface area contributed by atoms with Crippen molar-refractivity contribution in [2.24, 2.45) is 0 Å². The van der Waals surface area contributed by atoms with Gasteiger partial charge in [-0.05, 0) is 85.5 Å². The molecule has 3 aromatic rings. The van der Waals surface area contributed by atoms with Gasteiger partial charge in [0.2, 0.25) is 23.0 Å². The van der Waals surface area contributed by atoms with E-state index in [2.05, 4.69) is 10.6 Å². The third-order valence-corrected chi connectivity index (χ3v) is 9.67. The Morgan fingerprint density at radius 2 is 1.60 bits per heavy atom. The maximum absolute atomic E-state index is 13.6. The van der Waals surface area contributed by atoms with Gasteiger partial charge in [0.05, 0.1) is 53.3 Å². The number of rotatable bonds is 14. The number of ether oxygens (including phenoxy) is 5. The first kappa shape index (κ1) is 36.4. The van der Waals surface area contributed by atoms with Crippen molar-refractivity contribution >= 4 is 17.5 Å². The summed E-state index contributed by atoms with van der Waals surface area (Å²) in [7, 11) is 7.99. The lowest BCUT2D eigenvalue weighted by atomic mass is 9.95. The van der Waals surface area contributed by atoms with Crippen molar-refractivity contribution in [2.75, 3.05) is 54.0 Å². The number of methoxy groups -OCH3 is 5. The molecule has 0 saturated carbocycles. The molecule has 2 aliphatic rings. The van der Waals surface area contributed by atoms with E-state index >= 15 is 0 Å². The standard InChI is InChI=1S/C39H49N3O8/c1-24(43)41-30-17-13-25-21-35(48-4)38(49-5)39(50-6)37(25)27-16-18-31(33(44)23-29(27)30)40-19-9-7-8-12-36(45)42-20-10-11-32(42)28-15-14-26(46-2)22-34(28)47-3/h14-16,18,21-23,30,32H,7-13,17,19-20H2,1-6H3,(H,40,44)(H,41,43)/t30-,32?/m1/s1. The van der Waals surface area contributed by atoms with Gasteiger partial charge in [-0.2, -0.15) is 0 Å². The zero-order valence-corrected chi connectivity index (χ0v) is 30.0. The van der Waals surface area contributed by atoms with Crippen molar-refractivity contribution in [3.05, 3.63) is 69.4 Å². The second kappa shape index (κ2) is 16.7. The van der Waals surface area contributed by atoms with Gasteiger partial charge >= 0.3 is 0 Å². The van der Waals surface area contributed by atoms with Crippen LogP contribution < -0.4 is 39.7 Å². The average molecular weight is 688 g/mol. The van der Waals surface area contributed by atoms with E-state index in [1.54, 1.807) is 47.7 Å². The van der Waals surface area contributed by atoms with Crippen molar-refractivity contribution in [1.29, 1.82) is 0 Å². The number of nitrogens with one attached hydrogen (secondary N) is 2. The Labute approximate surface area is 294 Å². The summed E-state index contributed by atoms with van der Waals surface area (Å²) in [4.78, 5) is 41.1. The van der Waals surface area contributed by atoms with E-state index in [0.717, 1.165) is 72.4 Å². The molecule has 5 rings (SSSR count). The maximum atomic E-state index is 13.6. The molecule has 11 heteroatoms. The van der Waals surface area contributed by atoms with Gasteiger partial charge in [-0.1, -0.05) is 12.5 Å². The first-order valence-electron chi connectivity index (χ1n) is 17.3. The molecule has 0 spiro atoms. The molecule has 50 heavy (non-hydrogen) atoms. The average Bonchev–Trinajstić information content (AvgIpc) is 3.50. The number of aryl methyl sites for hydroxylation is 1. The van der Waals surface area contributed by atoms with Gasteiger partial charge in [0.15, 0.2) is 11.5 Å². The number of benzene rings is 2. The number of hydrogen-bond acceptors (Lipinski definition) is 9. The lowest BCUT2D eigenvalue weighted by Gasteiger charge is -2.26. The molecule has 0 aromatic heterocycles. The van der Waals surface area contributed by atoms with Crippen molar-refractivity contribution in [3.8, 4) is 39.9 Å². The third kappa shape index (κ3) is 7.77. The second-order valence-corrected chi connectivity index (χ2v) is 12.7. The van der Waals surface area contributed by atoms with Gasteiger partial charge in [0, 0.05) is 43.6 Å². The Bertz CT molecular complexity index is 1760. The Kier molecular flexibility index (Phi) is 12.1. The van der Waals surface area contributed by atoms with Gasteiger partial charge in [-0.25, -0.2) is 0 Å². The fourth-order valence-electron chi connectivity index (χ4n) is 7.28. The van der Waals surface area contributed by atoms with E-state index in [9.17, 15) is 14.4 Å². The van der Waals surface area contributed by atoms with Crippen molar-refractivity contribution < 1.29 is 33.3 Å². The summed E-state index contributed by atoms with van der Waals surface area (Å²) in [6.07, 6.45) is 5.93. The minimum atomic E-state index is -0.372. The largest absolute Gasteiger partial charge is 0.497 e. The van der Waals surface area contributed by atoms with E-state index < -0.39 is 0 Å². The Hall–Kier alpha value is -4.93. The number of likely N-dealkylation sites (tertiary alicyclic amines) is 1. The normalized spacial score (nSPS) is 16.4. The van der Waals surface area contributed by atoms with Crippen LogP contribution in [0.3, 0.4) is 0 Å². The number of amides is 2. The third-order valence-electron chi connectivity index (χ3n) is 9.67. The first-order chi connectivity index (χ1) is 24.2. The van der Waals surface area contributed by atoms with Crippen LogP contribution in [0.4, 0.5) is 5.69 Å². The predicted octanol–water partition coefficient (Wildman–Crippen LogP) is 6.22. The fourth-order valence-corrected chi connectivity index (χ4v) is 7.28. The monoisotopic (exact) mass is 687 g/mol. The fraction of sp³-hybridized carbons (Fsp3) is 0.462. The Morgan fingerprint density at radius 1 is 0.820 bits per heavy atom. The molecule has 11 nitrogen and oxygen atoms in total. The van der Waals surface area contributed by atoms with Crippen molar-refractivity contribution in [3.63, 3.8) is 0 Å². The number of hydrogen-bond donors (Lipinski definition) is 2. The highest BCUT2D eigenvalue weighted by atomic mass is 16.5. The molecule has 1 heterocycles. The number of unbranched alkanes of at least 4 members (excludes halogenated alkanes) is 2. The number of anilines is 1. The van der Waals surface area contributed by atoms with Crippen molar-refractivity contribution in [2.45, 2.75) is 70.4 Å². The van der Waals surface area contributed by atoms with E-state index in [1.165, 1.54) is 6.92 Å². The van der Waals surface area contributed by atoms with Gasteiger partial charge in [0.1, 0.15) is 11.5 Å². The SMILES string of the molecule is COc1ccc(C2CCCN2C(=O)CCCCCNc2ccc3c(cc2=O)[C@H](NC(C)=O)CCc2cc(OC)c(OC)c(OC)c2-3)c(OC)c1. The van der Waals surface area contributed by atoms with Crippen LogP contribution in [-0.2, 0) is 16.0 Å². The van der Waals surface area contributed by atoms with Crippen LogP contribution in [0.5, 0.6) is 28.7 Å². The summed E-state index contributed by atoms with van der Waals surface area (Å²) in [6.45, 7) is 2.79. The van der Waals surface area contributed by atoms with Gasteiger partial charge in [0.25, 0.3) is 0 Å². The van der Waals surface area contributed by atoms with E-state index in [-0.39, 0.29) is 29.3 Å². The molecule has 2 amide bonds. The van der Waals surface area contributed by atoms with Crippen LogP contribution in [0, 0.1) is 0 Å². The van der Waals surface area contributed by atoms with Gasteiger partial charge in [-0.3, -0.25) is 14.4 Å². The molecule has 2 atom stereocenters. The highest BCUT2D eigenvalue weighted by molar-refractivity contribution is 5.84. The molecule has 1 unspecified atom stereocenters. The quantitative estimate of drug-likeness (QED) is 0.190. The molecule has 1 saturated heterocycles. The van der Waals surface area contributed by atoms with Gasteiger partial charge in [-0.15, -0.1) is 0 Å². The zero-order chi connectivity index (χ0) is 35.8. The summed E-state index contributed by atoms with van der Waals surface area (Å²) in [5, 5.41) is 6.36. The van der Waals surface area contributed by atoms with Crippen LogP contribution in [0.1, 0.15) is 80.6 Å². The summed E-state index contributed by atoms with van der Waals surface area (Å²) in [6, 6.07) is 12.7. The van der Waals surface area contributed by atoms with E-state index in [1.807, 2.05) is 35.2 Å². The summed E-state index contributed by atoms with van der Waals surface area (Å²) >= 11 is 0. The van der Waals surface area contributed by atoms with E-state index in [4.69, 9.17) is 23.7 Å².